The molecule has 3 N–H and O–H groups in total. The highest BCUT2D eigenvalue weighted by molar-refractivity contribution is 5.79. The van der Waals surface area contributed by atoms with Crippen molar-refractivity contribution in [3.63, 3.8) is 0 Å². The standard InChI is InChI=1S/C12H22N2O2/c1-12(8-13,10-2-3-10)14-11(15)9-4-6-16-7-5-9/h9-10H,2-8,13H2,1H3,(H,14,15). The van der Waals surface area contributed by atoms with Crippen LogP contribution in [0, 0.1) is 11.8 Å². The molecule has 0 radical (unpaired) electrons. The summed E-state index contributed by atoms with van der Waals surface area (Å²) in [6, 6.07) is 0. The van der Waals surface area contributed by atoms with Gasteiger partial charge in [0, 0.05) is 25.7 Å². The molecule has 1 unspecified atom stereocenters. The molecule has 4 heteroatoms. The number of hydrogen-bond acceptors (Lipinski definition) is 3. The molecule has 1 amide bonds. The van der Waals surface area contributed by atoms with Crippen molar-refractivity contribution in [2.75, 3.05) is 19.8 Å². The average molecular weight is 226 g/mol. The van der Waals surface area contributed by atoms with Gasteiger partial charge in [-0.2, -0.15) is 0 Å². The van der Waals surface area contributed by atoms with Gasteiger partial charge in [0.05, 0.1) is 5.54 Å². The maximum Gasteiger partial charge on any atom is 0.223 e. The van der Waals surface area contributed by atoms with Crippen LogP contribution < -0.4 is 11.1 Å². The lowest BCUT2D eigenvalue weighted by Gasteiger charge is -2.32. The van der Waals surface area contributed by atoms with E-state index in [0.29, 0.717) is 25.7 Å². The summed E-state index contributed by atoms with van der Waals surface area (Å²) in [6.45, 7) is 4.02. The van der Waals surface area contributed by atoms with E-state index in [1.807, 2.05) is 0 Å². The zero-order chi connectivity index (χ0) is 11.6. The monoisotopic (exact) mass is 226 g/mol. The van der Waals surface area contributed by atoms with Gasteiger partial charge >= 0.3 is 0 Å². The Hall–Kier alpha value is -0.610. The van der Waals surface area contributed by atoms with Crippen molar-refractivity contribution in [1.29, 1.82) is 0 Å². The van der Waals surface area contributed by atoms with Crippen LogP contribution in [0.5, 0.6) is 0 Å². The van der Waals surface area contributed by atoms with Gasteiger partial charge in [0.1, 0.15) is 0 Å². The van der Waals surface area contributed by atoms with Crippen molar-refractivity contribution in [3.8, 4) is 0 Å². The Morgan fingerprint density at radius 1 is 1.38 bits per heavy atom. The first-order valence-electron chi connectivity index (χ1n) is 6.25. The van der Waals surface area contributed by atoms with Gasteiger partial charge in [0.2, 0.25) is 5.91 Å². The lowest BCUT2D eigenvalue weighted by Crippen LogP contribution is -2.55. The first-order valence-corrected chi connectivity index (χ1v) is 6.25. The fourth-order valence-electron chi connectivity index (χ4n) is 2.38. The molecule has 16 heavy (non-hydrogen) atoms. The van der Waals surface area contributed by atoms with Crippen LogP contribution in [-0.2, 0) is 9.53 Å². The van der Waals surface area contributed by atoms with Crippen LogP contribution in [0.15, 0.2) is 0 Å². The minimum atomic E-state index is -0.185. The van der Waals surface area contributed by atoms with E-state index in [-0.39, 0.29) is 17.4 Å². The molecule has 1 heterocycles. The highest BCUT2D eigenvalue weighted by Crippen LogP contribution is 2.39. The van der Waals surface area contributed by atoms with Gasteiger partial charge in [-0.3, -0.25) is 4.79 Å². The van der Waals surface area contributed by atoms with E-state index < -0.39 is 0 Å². The second-order valence-electron chi connectivity index (χ2n) is 5.27. The van der Waals surface area contributed by atoms with Crippen molar-refractivity contribution < 1.29 is 9.53 Å². The zero-order valence-corrected chi connectivity index (χ0v) is 10.00. The molecule has 1 aliphatic heterocycles. The van der Waals surface area contributed by atoms with Crippen LogP contribution in [0.25, 0.3) is 0 Å². The van der Waals surface area contributed by atoms with Gasteiger partial charge in [-0.25, -0.2) is 0 Å². The van der Waals surface area contributed by atoms with Gasteiger partial charge in [-0.15, -0.1) is 0 Å². The summed E-state index contributed by atoms with van der Waals surface area (Å²) < 4.78 is 5.26. The molecule has 92 valence electrons. The number of hydrogen-bond donors (Lipinski definition) is 2. The topological polar surface area (TPSA) is 64.3 Å². The summed E-state index contributed by atoms with van der Waals surface area (Å²) in [5, 5.41) is 3.16. The normalized spacial score (nSPS) is 26.1. The molecule has 2 aliphatic rings. The molecule has 0 aromatic heterocycles. The van der Waals surface area contributed by atoms with E-state index in [9.17, 15) is 4.79 Å². The summed E-state index contributed by atoms with van der Waals surface area (Å²) in [7, 11) is 0. The largest absolute Gasteiger partial charge is 0.381 e. The Kier molecular flexibility index (Phi) is 3.50. The van der Waals surface area contributed by atoms with E-state index >= 15 is 0 Å². The predicted octanol–water partition coefficient (Wildman–Crippen LogP) is 0.657. The fraction of sp³-hybridized carbons (Fsp3) is 0.917. The van der Waals surface area contributed by atoms with Crippen LogP contribution in [-0.4, -0.2) is 31.2 Å². The van der Waals surface area contributed by atoms with Crippen LogP contribution >= 0.6 is 0 Å². The van der Waals surface area contributed by atoms with Crippen molar-refractivity contribution in [1.82, 2.24) is 5.32 Å². The van der Waals surface area contributed by atoms with Gasteiger partial charge < -0.3 is 15.8 Å². The fourth-order valence-corrected chi connectivity index (χ4v) is 2.38. The third-order valence-corrected chi connectivity index (χ3v) is 3.90. The maximum atomic E-state index is 12.1. The SMILES string of the molecule is CC(CN)(NC(=O)C1CCOCC1)C1CC1. The number of rotatable bonds is 4. The average Bonchev–Trinajstić information content (AvgIpc) is 3.14. The highest BCUT2D eigenvalue weighted by atomic mass is 16.5. The second-order valence-corrected chi connectivity index (χ2v) is 5.27. The first kappa shape index (κ1) is 11.9. The minimum Gasteiger partial charge on any atom is -0.381 e. The number of carbonyl (C=O) groups excluding carboxylic acids is 1. The molecule has 4 nitrogen and oxygen atoms in total. The van der Waals surface area contributed by atoms with E-state index in [4.69, 9.17) is 10.5 Å². The van der Waals surface area contributed by atoms with Gasteiger partial charge in [0.15, 0.2) is 0 Å². The molecule has 2 fully saturated rings. The number of amides is 1. The van der Waals surface area contributed by atoms with E-state index in [0.717, 1.165) is 12.8 Å². The van der Waals surface area contributed by atoms with Crippen molar-refractivity contribution in [2.24, 2.45) is 17.6 Å². The van der Waals surface area contributed by atoms with Crippen molar-refractivity contribution >= 4 is 5.91 Å². The number of carbonyl (C=O) groups is 1. The molecular formula is C12H22N2O2. The van der Waals surface area contributed by atoms with Crippen molar-refractivity contribution in [2.45, 2.75) is 38.1 Å². The summed E-state index contributed by atoms with van der Waals surface area (Å²) in [5.41, 5.74) is 5.60. The lowest BCUT2D eigenvalue weighted by molar-refractivity contribution is -0.129. The predicted molar refractivity (Wildman–Crippen MR) is 61.9 cm³/mol. The second kappa shape index (κ2) is 4.72. The molecule has 1 atom stereocenters. The third-order valence-electron chi connectivity index (χ3n) is 3.90. The number of ether oxygens (including phenoxy) is 1. The van der Waals surface area contributed by atoms with Crippen LogP contribution in [0.4, 0.5) is 0 Å². The minimum absolute atomic E-state index is 0.123. The molecule has 0 bridgehead atoms. The van der Waals surface area contributed by atoms with Gasteiger partial charge in [-0.1, -0.05) is 0 Å². The van der Waals surface area contributed by atoms with E-state index in [2.05, 4.69) is 12.2 Å². The van der Waals surface area contributed by atoms with Crippen LogP contribution in [0.3, 0.4) is 0 Å². The Labute approximate surface area is 96.9 Å². The van der Waals surface area contributed by atoms with Crippen LogP contribution in [0.1, 0.15) is 32.6 Å². The summed E-state index contributed by atoms with van der Waals surface area (Å²) in [4.78, 5) is 12.1. The maximum absolute atomic E-state index is 12.1. The molecule has 0 aromatic rings. The van der Waals surface area contributed by atoms with Crippen LogP contribution in [0.2, 0.25) is 0 Å². The Bertz CT molecular complexity index is 260. The molecule has 1 saturated carbocycles. The third kappa shape index (κ3) is 2.55. The first-order chi connectivity index (χ1) is 7.65. The molecule has 0 aromatic carbocycles. The molecule has 0 spiro atoms. The Morgan fingerprint density at radius 2 is 2.00 bits per heavy atom. The van der Waals surface area contributed by atoms with E-state index in [1.54, 1.807) is 0 Å². The van der Waals surface area contributed by atoms with Gasteiger partial charge in [0.25, 0.3) is 0 Å². The highest BCUT2D eigenvalue weighted by Gasteiger charge is 2.42. The summed E-state index contributed by atoms with van der Waals surface area (Å²) in [6.07, 6.45) is 4.08. The molecular weight excluding hydrogens is 204 g/mol. The van der Waals surface area contributed by atoms with Crippen molar-refractivity contribution in [3.05, 3.63) is 0 Å². The Morgan fingerprint density at radius 3 is 2.50 bits per heavy atom. The summed E-state index contributed by atoms with van der Waals surface area (Å²) in [5.74, 6) is 0.878. The molecule has 1 aliphatic carbocycles. The molecule has 2 rings (SSSR count). The quantitative estimate of drug-likeness (QED) is 0.740. The zero-order valence-electron chi connectivity index (χ0n) is 10.00. The lowest BCUT2D eigenvalue weighted by atomic mass is 9.92. The Balaban J connectivity index is 1.89. The number of nitrogens with two attached hydrogens (primary N) is 1. The van der Waals surface area contributed by atoms with Gasteiger partial charge in [-0.05, 0) is 38.5 Å². The molecule has 1 saturated heterocycles. The van der Waals surface area contributed by atoms with E-state index in [1.165, 1.54) is 12.8 Å². The number of nitrogens with one attached hydrogen (secondary N) is 1. The smallest absolute Gasteiger partial charge is 0.223 e. The summed E-state index contributed by atoms with van der Waals surface area (Å²) >= 11 is 0.